The van der Waals surface area contributed by atoms with Crippen LogP contribution in [-0.2, 0) is 4.79 Å². The van der Waals surface area contributed by atoms with Crippen LogP contribution in [0.15, 0.2) is 12.2 Å². The van der Waals surface area contributed by atoms with Crippen LogP contribution in [0.1, 0.15) is 245 Å². The zero-order chi connectivity index (χ0) is 36.6. The fourth-order valence-corrected chi connectivity index (χ4v) is 7.11. The summed E-state index contributed by atoms with van der Waals surface area (Å²) in [5, 5.41) is 33.3. The molecule has 5 nitrogen and oxygen atoms in total. The molecule has 4 N–H and O–H groups in total. The normalized spacial score (nSPS) is 13.6. The fourth-order valence-electron chi connectivity index (χ4n) is 7.11. The van der Waals surface area contributed by atoms with Crippen molar-refractivity contribution in [3.05, 3.63) is 12.2 Å². The summed E-state index contributed by atoms with van der Waals surface area (Å²) >= 11 is 0. The molecule has 5 heteroatoms. The van der Waals surface area contributed by atoms with Gasteiger partial charge in [-0.1, -0.05) is 212 Å². The summed E-state index contributed by atoms with van der Waals surface area (Å²) in [6.45, 7) is 4.27. The number of hydrogen-bond donors (Lipinski definition) is 4. The molecular weight excluding hydrogens is 618 g/mol. The first-order chi connectivity index (χ1) is 24.5. The Hall–Kier alpha value is -0.910. The zero-order valence-corrected chi connectivity index (χ0v) is 33.8. The quantitative estimate of drug-likeness (QED) is 0.0376. The van der Waals surface area contributed by atoms with Crippen molar-refractivity contribution in [3.63, 3.8) is 0 Å². The number of allylic oxidation sites excluding steroid dienone is 2. The number of hydrogen-bond acceptors (Lipinski definition) is 4. The van der Waals surface area contributed by atoms with Gasteiger partial charge in [0.25, 0.3) is 0 Å². The lowest BCUT2D eigenvalue weighted by atomic mass is 10.0. The number of carbonyl (C=O) groups excluding carboxylic acids is 1. The van der Waals surface area contributed by atoms with Gasteiger partial charge >= 0.3 is 0 Å². The predicted molar refractivity (Wildman–Crippen MR) is 218 cm³/mol. The van der Waals surface area contributed by atoms with Crippen LogP contribution in [0.25, 0.3) is 0 Å². The summed E-state index contributed by atoms with van der Waals surface area (Å²) in [5.41, 5.74) is 0. The van der Waals surface area contributed by atoms with Crippen molar-refractivity contribution in [1.82, 2.24) is 5.32 Å². The van der Waals surface area contributed by atoms with Gasteiger partial charge < -0.3 is 20.6 Å². The van der Waals surface area contributed by atoms with Crippen LogP contribution in [0.3, 0.4) is 0 Å². The molecule has 0 radical (unpaired) electrons. The molecule has 1 amide bonds. The Labute approximate surface area is 312 Å². The van der Waals surface area contributed by atoms with E-state index in [-0.39, 0.29) is 18.9 Å². The van der Waals surface area contributed by atoms with Gasteiger partial charge in [0.2, 0.25) is 5.91 Å². The molecule has 0 aromatic carbocycles. The monoisotopic (exact) mass is 708 g/mol. The molecule has 3 atom stereocenters. The Morgan fingerprint density at radius 3 is 1.16 bits per heavy atom. The summed E-state index contributed by atoms with van der Waals surface area (Å²) in [6.07, 6.45) is 47.6. The molecule has 3 unspecified atom stereocenters. The highest BCUT2D eigenvalue weighted by Crippen LogP contribution is 2.16. The first-order valence-electron chi connectivity index (χ1n) is 22.5. The van der Waals surface area contributed by atoms with Gasteiger partial charge in [0, 0.05) is 0 Å². The SMILES string of the molecule is CCCCCCCCCCCCCC/C=C\CCCCCCCCCC(O)CC(=O)NC(CO)C(O)CCCCCCCCCCCCCC. The second kappa shape index (κ2) is 40.9. The van der Waals surface area contributed by atoms with E-state index in [4.69, 9.17) is 0 Å². The maximum absolute atomic E-state index is 12.4. The number of rotatable bonds is 41. The van der Waals surface area contributed by atoms with Crippen LogP contribution in [0.5, 0.6) is 0 Å². The minimum absolute atomic E-state index is 0.0364. The molecule has 0 aliphatic rings. The van der Waals surface area contributed by atoms with Gasteiger partial charge in [-0.15, -0.1) is 0 Å². The van der Waals surface area contributed by atoms with Crippen molar-refractivity contribution in [3.8, 4) is 0 Å². The molecular formula is C45H89NO4. The lowest BCUT2D eigenvalue weighted by Gasteiger charge is -2.23. The van der Waals surface area contributed by atoms with Crippen LogP contribution >= 0.6 is 0 Å². The topological polar surface area (TPSA) is 89.8 Å². The minimum atomic E-state index is -0.746. The molecule has 298 valence electrons. The largest absolute Gasteiger partial charge is 0.394 e. The lowest BCUT2D eigenvalue weighted by molar-refractivity contribution is -0.125. The first-order valence-corrected chi connectivity index (χ1v) is 22.5. The van der Waals surface area contributed by atoms with Crippen molar-refractivity contribution >= 4 is 5.91 Å². The standard InChI is InChI=1S/C45H89NO4/c1-3-5-7-9-11-13-15-17-18-19-20-21-22-23-24-25-26-27-28-30-32-34-36-38-42(48)40-45(50)46-43(41-47)44(49)39-37-35-33-31-29-16-14-12-10-8-6-4-2/h23-24,42-44,47-49H,3-22,25-41H2,1-2H3,(H,46,50)/b24-23-. The summed E-state index contributed by atoms with van der Waals surface area (Å²) in [7, 11) is 0. The smallest absolute Gasteiger partial charge is 0.222 e. The number of carbonyl (C=O) groups is 1. The van der Waals surface area contributed by atoms with Gasteiger partial charge in [0.05, 0.1) is 31.3 Å². The van der Waals surface area contributed by atoms with E-state index >= 15 is 0 Å². The van der Waals surface area contributed by atoms with Crippen LogP contribution in [0.4, 0.5) is 0 Å². The van der Waals surface area contributed by atoms with Crippen molar-refractivity contribution in [1.29, 1.82) is 0 Å². The van der Waals surface area contributed by atoms with Crippen molar-refractivity contribution in [2.45, 2.75) is 263 Å². The van der Waals surface area contributed by atoms with E-state index in [9.17, 15) is 20.1 Å². The Morgan fingerprint density at radius 1 is 0.480 bits per heavy atom. The number of unbranched alkanes of at least 4 members (excludes halogenated alkanes) is 30. The van der Waals surface area contributed by atoms with E-state index in [1.165, 1.54) is 186 Å². The highest BCUT2D eigenvalue weighted by Gasteiger charge is 2.21. The average molecular weight is 708 g/mol. The molecule has 0 saturated carbocycles. The van der Waals surface area contributed by atoms with Gasteiger partial charge in [0.1, 0.15) is 0 Å². The van der Waals surface area contributed by atoms with E-state index in [1.54, 1.807) is 0 Å². The molecule has 0 rings (SSSR count). The summed E-state index contributed by atoms with van der Waals surface area (Å²) < 4.78 is 0. The third-order valence-electron chi connectivity index (χ3n) is 10.6. The van der Waals surface area contributed by atoms with Gasteiger partial charge in [-0.3, -0.25) is 4.79 Å². The first kappa shape index (κ1) is 49.1. The van der Waals surface area contributed by atoms with E-state index in [2.05, 4.69) is 31.3 Å². The van der Waals surface area contributed by atoms with Crippen molar-refractivity contribution in [2.24, 2.45) is 0 Å². The molecule has 0 bridgehead atoms. The summed E-state index contributed by atoms with van der Waals surface area (Å²) in [5.74, 6) is -0.284. The number of nitrogens with one attached hydrogen (secondary N) is 1. The van der Waals surface area contributed by atoms with Crippen LogP contribution in [-0.4, -0.2) is 46.1 Å². The van der Waals surface area contributed by atoms with Crippen molar-refractivity contribution in [2.75, 3.05) is 6.61 Å². The van der Waals surface area contributed by atoms with Crippen molar-refractivity contribution < 1.29 is 20.1 Å². The number of amides is 1. The average Bonchev–Trinajstić information content (AvgIpc) is 3.11. The lowest BCUT2D eigenvalue weighted by Crippen LogP contribution is -2.46. The highest BCUT2D eigenvalue weighted by molar-refractivity contribution is 5.76. The maximum atomic E-state index is 12.4. The number of aliphatic hydroxyl groups excluding tert-OH is 3. The Kier molecular flexibility index (Phi) is 40.1. The Balaban J connectivity index is 3.57. The molecule has 0 aliphatic carbocycles. The number of aliphatic hydroxyl groups is 3. The third kappa shape index (κ3) is 36.9. The summed E-state index contributed by atoms with van der Waals surface area (Å²) in [4.78, 5) is 12.4. The Morgan fingerprint density at radius 2 is 0.800 bits per heavy atom. The van der Waals surface area contributed by atoms with E-state index < -0.39 is 18.2 Å². The van der Waals surface area contributed by atoms with Gasteiger partial charge in [-0.05, 0) is 38.5 Å². The molecule has 0 spiro atoms. The second-order valence-electron chi connectivity index (χ2n) is 15.7. The van der Waals surface area contributed by atoms with E-state index in [0.717, 1.165) is 25.7 Å². The minimum Gasteiger partial charge on any atom is -0.394 e. The molecule has 0 aromatic heterocycles. The van der Waals surface area contributed by atoms with Gasteiger partial charge in [0.15, 0.2) is 0 Å². The molecule has 0 fully saturated rings. The Bertz CT molecular complexity index is 699. The third-order valence-corrected chi connectivity index (χ3v) is 10.6. The van der Waals surface area contributed by atoms with E-state index in [1.807, 2.05) is 0 Å². The molecule has 0 heterocycles. The van der Waals surface area contributed by atoms with Gasteiger partial charge in [-0.2, -0.15) is 0 Å². The van der Waals surface area contributed by atoms with Crippen LogP contribution < -0.4 is 5.32 Å². The second-order valence-corrected chi connectivity index (χ2v) is 15.7. The fraction of sp³-hybridized carbons (Fsp3) is 0.933. The van der Waals surface area contributed by atoms with Crippen LogP contribution in [0, 0.1) is 0 Å². The summed E-state index contributed by atoms with van der Waals surface area (Å²) in [6, 6.07) is -0.655. The molecule has 50 heavy (non-hydrogen) atoms. The van der Waals surface area contributed by atoms with Gasteiger partial charge in [-0.25, -0.2) is 0 Å². The molecule has 0 saturated heterocycles. The molecule has 0 aliphatic heterocycles. The maximum Gasteiger partial charge on any atom is 0.222 e. The highest BCUT2D eigenvalue weighted by atomic mass is 16.3. The predicted octanol–water partition coefficient (Wildman–Crippen LogP) is 12.8. The zero-order valence-electron chi connectivity index (χ0n) is 33.8. The van der Waals surface area contributed by atoms with E-state index in [0.29, 0.717) is 12.8 Å². The molecule has 0 aromatic rings. The van der Waals surface area contributed by atoms with Crippen LogP contribution in [0.2, 0.25) is 0 Å².